The summed E-state index contributed by atoms with van der Waals surface area (Å²) in [6, 6.07) is 11.8. The maximum absolute atomic E-state index is 12.5. The monoisotopic (exact) mass is 468 g/mol. The number of benzene rings is 2. The van der Waals surface area contributed by atoms with Crippen molar-refractivity contribution in [1.82, 2.24) is 10.2 Å². The molecule has 0 unspecified atom stereocenters. The van der Waals surface area contributed by atoms with Gasteiger partial charge in [0, 0.05) is 25.2 Å². The number of ether oxygens (including phenoxy) is 3. The highest BCUT2D eigenvalue weighted by Crippen LogP contribution is 2.28. The quantitative estimate of drug-likeness (QED) is 0.358. The third-order valence-electron chi connectivity index (χ3n) is 4.96. The van der Waals surface area contributed by atoms with Crippen LogP contribution in [0.25, 0.3) is 6.08 Å². The Hall–Kier alpha value is -3.81. The summed E-state index contributed by atoms with van der Waals surface area (Å²) in [5.74, 6) is 0.942. The highest BCUT2D eigenvalue weighted by atomic mass is 16.5. The Bertz CT molecular complexity index is 997. The molecule has 8 nitrogen and oxygen atoms in total. The van der Waals surface area contributed by atoms with E-state index in [1.807, 2.05) is 20.8 Å². The highest BCUT2D eigenvalue weighted by Gasteiger charge is 2.11. The molecule has 2 amide bonds. The Morgan fingerprint density at radius 1 is 0.912 bits per heavy atom. The molecule has 0 atom stereocenters. The number of methoxy groups -OCH3 is 1. The van der Waals surface area contributed by atoms with Gasteiger partial charge in [0.2, 0.25) is 0 Å². The average molecular weight is 469 g/mol. The van der Waals surface area contributed by atoms with Crippen molar-refractivity contribution in [2.45, 2.75) is 20.8 Å². The molecule has 2 aromatic carbocycles. The molecule has 0 saturated heterocycles. The summed E-state index contributed by atoms with van der Waals surface area (Å²) in [5, 5.41) is 2.66. The van der Waals surface area contributed by atoms with Crippen LogP contribution in [0.3, 0.4) is 0 Å². The molecule has 0 spiro atoms. The van der Waals surface area contributed by atoms with Crippen molar-refractivity contribution >= 4 is 23.7 Å². The second-order valence-corrected chi connectivity index (χ2v) is 7.23. The fourth-order valence-corrected chi connectivity index (χ4v) is 3.09. The van der Waals surface area contributed by atoms with Crippen LogP contribution >= 0.6 is 0 Å². The molecule has 0 aliphatic rings. The van der Waals surface area contributed by atoms with E-state index in [4.69, 9.17) is 14.2 Å². The van der Waals surface area contributed by atoms with E-state index in [-0.39, 0.29) is 30.8 Å². The van der Waals surface area contributed by atoms with E-state index < -0.39 is 0 Å². The zero-order valence-electron chi connectivity index (χ0n) is 20.1. The minimum absolute atomic E-state index is 0.0420. The second kappa shape index (κ2) is 13.7. The molecule has 0 aliphatic carbocycles. The minimum Gasteiger partial charge on any atom is -0.493 e. The number of hydrogen-bond acceptors (Lipinski definition) is 6. The van der Waals surface area contributed by atoms with Crippen molar-refractivity contribution in [3.63, 3.8) is 0 Å². The van der Waals surface area contributed by atoms with E-state index >= 15 is 0 Å². The summed E-state index contributed by atoms with van der Waals surface area (Å²) < 4.78 is 16.4. The third kappa shape index (κ3) is 7.95. The number of carbonyl (C=O) groups is 3. The summed E-state index contributed by atoms with van der Waals surface area (Å²) in [6.07, 6.45) is 3.13. The van der Waals surface area contributed by atoms with Crippen molar-refractivity contribution in [3.05, 3.63) is 59.7 Å². The molecule has 0 saturated carbocycles. The van der Waals surface area contributed by atoms with Crippen LogP contribution in [0.4, 0.5) is 0 Å². The van der Waals surface area contributed by atoms with Gasteiger partial charge in [0.25, 0.3) is 11.8 Å². The first-order valence-electron chi connectivity index (χ1n) is 11.2. The Morgan fingerprint density at radius 2 is 1.62 bits per heavy atom. The van der Waals surface area contributed by atoms with Crippen molar-refractivity contribution in [1.29, 1.82) is 0 Å². The molecule has 0 aliphatic heterocycles. The van der Waals surface area contributed by atoms with Crippen molar-refractivity contribution in [2.75, 3.05) is 40.0 Å². The largest absolute Gasteiger partial charge is 0.493 e. The molecule has 1 N–H and O–H groups in total. The van der Waals surface area contributed by atoms with E-state index in [0.29, 0.717) is 42.4 Å². The van der Waals surface area contributed by atoms with Crippen LogP contribution in [0.5, 0.6) is 17.2 Å². The van der Waals surface area contributed by atoms with Gasteiger partial charge >= 0.3 is 0 Å². The number of amides is 2. The summed E-state index contributed by atoms with van der Waals surface area (Å²) in [7, 11) is 1.51. The maximum Gasteiger partial charge on any atom is 0.260 e. The number of hydrogen-bond donors (Lipinski definition) is 1. The molecular formula is C26H32N2O6. The van der Waals surface area contributed by atoms with Gasteiger partial charge in [-0.05, 0) is 68.8 Å². The predicted octanol–water partition coefficient (Wildman–Crippen LogP) is 3.35. The van der Waals surface area contributed by atoms with Gasteiger partial charge in [-0.25, -0.2) is 0 Å². The lowest BCUT2D eigenvalue weighted by Gasteiger charge is -2.18. The van der Waals surface area contributed by atoms with E-state index in [1.54, 1.807) is 53.4 Å². The standard InChI is InChI=1S/C26H32N2O6/c1-5-27-25(30)17-34-23-15-9-19(16-24(23)32-4)8-14-22(29)20-10-12-21(13-11-20)33-18-26(31)28(6-2)7-3/h8-16H,5-7,17-18H2,1-4H3,(H,27,30)/b14-8+. The van der Waals surface area contributed by atoms with Crippen LogP contribution in [-0.4, -0.2) is 62.5 Å². The van der Waals surface area contributed by atoms with Gasteiger partial charge in [0.05, 0.1) is 7.11 Å². The summed E-state index contributed by atoms with van der Waals surface area (Å²) in [6.45, 7) is 7.32. The number of ketones is 1. The number of allylic oxidation sites excluding steroid dienone is 1. The van der Waals surface area contributed by atoms with E-state index in [0.717, 1.165) is 5.56 Å². The molecule has 2 rings (SSSR count). The smallest absolute Gasteiger partial charge is 0.260 e. The minimum atomic E-state index is -0.217. The molecule has 0 radical (unpaired) electrons. The van der Waals surface area contributed by atoms with Gasteiger partial charge in [0.1, 0.15) is 5.75 Å². The summed E-state index contributed by atoms with van der Waals surface area (Å²) >= 11 is 0. The highest BCUT2D eigenvalue weighted by molar-refractivity contribution is 6.06. The van der Waals surface area contributed by atoms with E-state index in [1.165, 1.54) is 13.2 Å². The molecule has 0 fully saturated rings. The van der Waals surface area contributed by atoms with Gasteiger partial charge < -0.3 is 24.4 Å². The first-order chi connectivity index (χ1) is 16.4. The van der Waals surface area contributed by atoms with Crippen LogP contribution in [0.2, 0.25) is 0 Å². The molecular weight excluding hydrogens is 436 g/mol. The lowest BCUT2D eigenvalue weighted by Crippen LogP contribution is -2.34. The molecule has 182 valence electrons. The van der Waals surface area contributed by atoms with Crippen molar-refractivity contribution < 1.29 is 28.6 Å². The summed E-state index contributed by atoms with van der Waals surface area (Å²) in [4.78, 5) is 37.8. The number of nitrogens with one attached hydrogen (secondary N) is 1. The predicted molar refractivity (Wildman–Crippen MR) is 130 cm³/mol. The zero-order chi connectivity index (χ0) is 24.9. The molecule has 34 heavy (non-hydrogen) atoms. The number of carbonyl (C=O) groups excluding carboxylic acids is 3. The van der Waals surface area contributed by atoms with Gasteiger partial charge in [0.15, 0.2) is 30.5 Å². The maximum atomic E-state index is 12.5. The lowest BCUT2D eigenvalue weighted by atomic mass is 10.1. The summed E-state index contributed by atoms with van der Waals surface area (Å²) in [5.41, 5.74) is 1.23. The SMILES string of the molecule is CCNC(=O)COc1ccc(/C=C/C(=O)c2ccc(OCC(=O)N(CC)CC)cc2)cc1OC. The van der Waals surface area contributed by atoms with Crippen LogP contribution in [0.15, 0.2) is 48.5 Å². The topological polar surface area (TPSA) is 94.2 Å². The van der Waals surface area contributed by atoms with Crippen molar-refractivity contribution in [2.24, 2.45) is 0 Å². The van der Waals surface area contributed by atoms with Gasteiger partial charge in [-0.3, -0.25) is 14.4 Å². The average Bonchev–Trinajstić information content (AvgIpc) is 2.86. The second-order valence-electron chi connectivity index (χ2n) is 7.23. The first-order valence-corrected chi connectivity index (χ1v) is 11.2. The van der Waals surface area contributed by atoms with E-state index in [9.17, 15) is 14.4 Å². The third-order valence-corrected chi connectivity index (χ3v) is 4.96. The normalized spacial score (nSPS) is 10.6. The van der Waals surface area contributed by atoms with Gasteiger partial charge in [-0.2, -0.15) is 0 Å². The van der Waals surface area contributed by atoms with E-state index in [2.05, 4.69) is 5.32 Å². The fraction of sp³-hybridized carbons (Fsp3) is 0.346. The van der Waals surface area contributed by atoms with Gasteiger partial charge in [-0.15, -0.1) is 0 Å². The zero-order valence-corrected chi connectivity index (χ0v) is 20.1. The molecule has 2 aromatic rings. The van der Waals surface area contributed by atoms with Gasteiger partial charge in [-0.1, -0.05) is 12.1 Å². The molecule has 8 heteroatoms. The van der Waals surface area contributed by atoms with Crippen LogP contribution in [-0.2, 0) is 9.59 Å². The first kappa shape index (κ1) is 26.4. The Labute approximate surface area is 200 Å². The van der Waals surface area contributed by atoms with Crippen LogP contribution < -0.4 is 19.5 Å². The van der Waals surface area contributed by atoms with Crippen LogP contribution in [0.1, 0.15) is 36.7 Å². The Balaban J connectivity index is 1.97. The Morgan fingerprint density at radius 3 is 2.24 bits per heavy atom. The fourth-order valence-electron chi connectivity index (χ4n) is 3.09. The van der Waals surface area contributed by atoms with Crippen LogP contribution in [0, 0.1) is 0 Å². The number of nitrogens with zero attached hydrogens (tertiary/aromatic N) is 1. The molecule has 0 heterocycles. The lowest BCUT2D eigenvalue weighted by molar-refractivity contribution is -0.133. The molecule has 0 aromatic heterocycles. The van der Waals surface area contributed by atoms with Crippen molar-refractivity contribution in [3.8, 4) is 17.2 Å². The number of rotatable bonds is 13. The molecule has 0 bridgehead atoms. The number of likely N-dealkylation sites (N-methyl/N-ethyl adjacent to an activating group) is 2. The Kier molecular flexibility index (Phi) is 10.6.